The van der Waals surface area contributed by atoms with Crippen LogP contribution in [-0.4, -0.2) is 12.0 Å². The summed E-state index contributed by atoms with van der Waals surface area (Å²) < 4.78 is 1.93. The van der Waals surface area contributed by atoms with Crippen molar-refractivity contribution in [3.05, 3.63) is 51.0 Å². The Hall–Kier alpha value is -0.870. The molecule has 0 amide bonds. The van der Waals surface area contributed by atoms with Crippen LogP contribution in [0, 0.1) is 6.92 Å². The molecule has 0 aliphatic heterocycles. The summed E-state index contributed by atoms with van der Waals surface area (Å²) in [5.41, 5.74) is 2.38. The Morgan fingerprint density at radius 3 is 2.53 bits per heavy atom. The van der Waals surface area contributed by atoms with Gasteiger partial charge in [-0.2, -0.15) is 0 Å². The lowest BCUT2D eigenvalue weighted by Gasteiger charge is -2.21. The van der Waals surface area contributed by atoms with Crippen molar-refractivity contribution in [2.45, 2.75) is 6.92 Å². The van der Waals surface area contributed by atoms with Crippen molar-refractivity contribution < 1.29 is 0 Å². The molecule has 4 heteroatoms. The van der Waals surface area contributed by atoms with Gasteiger partial charge in [-0.3, -0.25) is 0 Å². The van der Waals surface area contributed by atoms with Crippen molar-refractivity contribution in [3.8, 4) is 0 Å². The zero-order chi connectivity index (χ0) is 12.4. The van der Waals surface area contributed by atoms with Crippen molar-refractivity contribution in [1.82, 2.24) is 4.98 Å². The van der Waals surface area contributed by atoms with Gasteiger partial charge in [0.15, 0.2) is 0 Å². The van der Waals surface area contributed by atoms with Crippen LogP contribution in [0.5, 0.6) is 0 Å². The fraction of sp³-hybridized carbons (Fsp3) is 0.154. The number of aryl methyl sites for hydroxylation is 1. The lowest BCUT2D eigenvalue weighted by Crippen LogP contribution is -2.12. The van der Waals surface area contributed by atoms with Crippen molar-refractivity contribution in [2.75, 3.05) is 11.9 Å². The number of para-hydroxylation sites is 1. The summed E-state index contributed by atoms with van der Waals surface area (Å²) in [5, 5.41) is 0. The minimum absolute atomic E-state index is 0.905. The van der Waals surface area contributed by atoms with E-state index in [1.165, 1.54) is 5.56 Å². The molecule has 0 aliphatic carbocycles. The summed E-state index contributed by atoms with van der Waals surface area (Å²) in [6.45, 7) is 2.10. The van der Waals surface area contributed by atoms with Gasteiger partial charge >= 0.3 is 0 Å². The van der Waals surface area contributed by atoms with Gasteiger partial charge in [-0.1, -0.05) is 18.2 Å². The molecule has 0 spiro atoms. The molecule has 0 atom stereocenters. The molecular weight excluding hydrogens is 344 g/mol. The van der Waals surface area contributed by atoms with Crippen LogP contribution in [0.4, 0.5) is 11.5 Å². The molecule has 1 heterocycles. The molecule has 0 saturated carbocycles. The van der Waals surface area contributed by atoms with E-state index < -0.39 is 0 Å². The van der Waals surface area contributed by atoms with Crippen LogP contribution < -0.4 is 4.90 Å². The highest BCUT2D eigenvalue weighted by Gasteiger charge is 2.11. The van der Waals surface area contributed by atoms with Gasteiger partial charge in [0.25, 0.3) is 0 Å². The number of benzene rings is 1. The maximum atomic E-state index is 4.43. The number of pyridine rings is 1. The highest BCUT2D eigenvalue weighted by Crippen LogP contribution is 2.31. The summed E-state index contributed by atoms with van der Waals surface area (Å²) in [7, 11) is 2.02. The average molecular weight is 356 g/mol. The van der Waals surface area contributed by atoms with Crippen LogP contribution in [0.1, 0.15) is 5.56 Å². The van der Waals surface area contributed by atoms with Crippen molar-refractivity contribution >= 4 is 43.4 Å². The van der Waals surface area contributed by atoms with E-state index in [9.17, 15) is 0 Å². The minimum atomic E-state index is 0.905. The van der Waals surface area contributed by atoms with E-state index in [2.05, 4.69) is 60.8 Å². The first-order chi connectivity index (χ1) is 8.09. The second-order valence-electron chi connectivity index (χ2n) is 3.80. The highest BCUT2D eigenvalue weighted by atomic mass is 79.9. The van der Waals surface area contributed by atoms with E-state index in [1.54, 1.807) is 6.20 Å². The van der Waals surface area contributed by atoms with Gasteiger partial charge in [0, 0.05) is 23.4 Å². The molecule has 0 saturated heterocycles. The maximum Gasteiger partial charge on any atom is 0.147 e. The summed E-state index contributed by atoms with van der Waals surface area (Å²) in [6.07, 6.45) is 1.80. The van der Waals surface area contributed by atoms with E-state index in [0.717, 1.165) is 20.5 Å². The number of halogens is 2. The van der Waals surface area contributed by atoms with Crippen LogP contribution in [0.25, 0.3) is 0 Å². The summed E-state index contributed by atoms with van der Waals surface area (Å²) >= 11 is 6.94. The second-order valence-corrected chi connectivity index (χ2v) is 5.57. The maximum absolute atomic E-state index is 4.43. The molecule has 0 radical (unpaired) electrons. The topological polar surface area (TPSA) is 16.1 Å². The molecule has 2 aromatic rings. The first kappa shape index (κ1) is 12.6. The Labute approximate surface area is 118 Å². The van der Waals surface area contributed by atoms with Crippen LogP contribution >= 0.6 is 31.9 Å². The number of hydrogen-bond acceptors (Lipinski definition) is 2. The standard InChI is InChI=1S/C13H12Br2N2/c1-9-5-3-4-6-12(9)17(2)13-11(15)7-10(14)8-16-13/h3-8H,1-2H3. The van der Waals surface area contributed by atoms with E-state index in [4.69, 9.17) is 0 Å². The van der Waals surface area contributed by atoms with Crippen molar-refractivity contribution in [1.29, 1.82) is 0 Å². The predicted octanol–water partition coefficient (Wildman–Crippen LogP) is 4.68. The molecule has 0 unspecified atom stereocenters. The molecular formula is C13H12Br2N2. The summed E-state index contributed by atoms with van der Waals surface area (Å²) in [4.78, 5) is 6.50. The first-order valence-electron chi connectivity index (χ1n) is 5.20. The van der Waals surface area contributed by atoms with Gasteiger partial charge in [-0.25, -0.2) is 4.98 Å². The quantitative estimate of drug-likeness (QED) is 0.777. The highest BCUT2D eigenvalue weighted by molar-refractivity contribution is 9.11. The van der Waals surface area contributed by atoms with Crippen LogP contribution in [-0.2, 0) is 0 Å². The fourth-order valence-corrected chi connectivity index (χ4v) is 2.96. The Kier molecular flexibility index (Phi) is 3.84. The molecule has 0 aliphatic rings. The fourth-order valence-electron chi connectivity index (χ4n) is 1.71. The van der Waals surface area contributed by atoms with E-state index in [-0.39, 0.29) is 0 Å². The number of aromatic nitrogens is 1. The molecule has 0 bridgehead atoms. The van der Waals surface area contributed by atoms with E-state index in [1.807, 2.05) is 25.2 Å². The van der Waals surface area contributed by atoms with Gasteiger partial charge in [0.1, 0.15) is 5.82 Å². The first-order valence-corrected chi connectivity index (χ1v) is 6.78. The number of anilines is 2. The predicted molar refractivity (Wildman–Crippen MR) is 78.9 cm³/mol. The molecule has 0 fully saturated rings. The Bertz CT molecular complexity index is 541. The third kappa shape index (κ3) is 2.69. The van der Waals surface area contributed by atoms with E-state index in [0.29, 0.717) is 0 Å². The summed E-state index contributed by atoms with van der Waals surface area (Å²) in [6, 6.07) is 10.3. The number of rotatable bonds is 2. The van der Waals surface area contributed by atoms with Crippen LogP contribution in [0.15, 0.2) is 45.5 Å². The van der Waals surface area contributed by atoms with Crippen molar-refractivity contribution in [3.63, 3.8) is 0 Å². The zero-order valence-electron chi connectivity index (χ0n) is 9.61. The van der Waals surface area contributed by atoms with Gasteiger partial charge in [0.05, 0.1) is 4.47 Å². The smallest absolute Gasteiger partial charge is 0.147 e. The van der Waals surface area contributed by atoms with Crippen LogP contribution in [0.2, 0.25) is 0 Å². The van der Waals surface area contributed by atoms with Crippen molar-refractivity contribution in [2.24, 2.45) is 0 Å². The summed E-state index contributed by atoms with van der Waals surface area (Å²) in [5.74, 6) is 0.905. The third-order valence-corrected chi connectivity index (χ3v) is 3.60. The zero-order valence-corrected chi connectivity index (χ0v) is 12.8. The van der Waals surface area contributed by atoms with Gasteiger partial charge in [-0.15, -0.1) is 0 Å². The Morgan fingerprint density at radius 1 is 1.18 bits per heavy atom. The number of nitrogens with zero attached hydrogens (tertiary/aromatic N) is 2. The van der Waals surface area contributed by atoms with Gasteiger partial charge < -0.3 is 4.90 Å². The Balaban J connectivity index is 2.44. The third-order valence-electron chi connectivity index (χ3n) is 2.58. The molecule has 17 heavy (non-hydrogen) atoms. The average Bonchev–Trinajstić information content (AvgIpc) is 2.29. The lowest BCUT2D eigenvalue weighted by molar-refractivity contribution is 1.10. The molecule has 2 rings (SSSR count). The number of hydrogen-bond donors (Lipinski definition) is 0. The van der Waals surface area contributed by atoms with Gasteiger partial charge in [-0.05, 0) is 56.5 Å². The molecule has 1 aromatic heterocycles. The molecule has 2 nitrogen and oxygen atoms in total. The monoisotopic (exact) mass is 354 g/mol. The lowest BCUT2D eigenvalue weighted by atomic mass is 10.2. The second kappa shape index (κ2) is 5.19. The largest absolute Gasteiger partial charge is 0.328 e. The molecule has 1 aromatic carbocycles. The molecule has 88 valence electrons. The molecule has 0 N–H and O–H groups in total. The normalized spacial score (nSPS) is 10.4. The minimum Gasteiger partial charge on any atom is -0.328 e. The van der Waals surface area contributed by atoms with Crippen LogP contribution in [0.3, 0.4) is 0 Å². The van der Waals surface area contributed by atoms with Gasteiger partial charge in [0.2, 0.25) is 0 Å². The Morgan fingerprint density at radius 2 is 1.88 bits per heavy atom. The SMILES string of the molecule is Cc1ccccc1N(C)c1ncc(Br)cc1Br. The van der Waals surface area contributed by atoms with E-state index >= 15 is 0 Å².